The smallest absolute Gasteiger partial charge is 0.250 e. The summed E-state index contributed by atoms with van der Waals surface area (Å²) >= 11 is 1.12. The van der Waals surface area contributed by atoms with Crippen molar-refractivity contribution in [3.8, 4) is 0 Å². The molecule has 1 rings (SSSR count). The maximum absolute atomic E-state index is 12.0. The van der Waals surface area contributed by atoms with Gasteiger partial charge in [-0.3, -0.25) is 0 Å². The molecule has 0 amide bonds. The van der Waals surface area contributed by atoms with Gasteiger partial charge >= 0.3 is 0 Å². The summed E-state index contributed by atoms with van der Waals surface area (Å²) in [6.45, 7) is 2.81. The Morgan fingerprint density at radius 1 is 1.37 bits per heavy atom. The van der Waals surface area contributed by atoms with Gasteiger partial charge in [0.05, 0.1) is 6.61 Å². The van der Waals surface area contributed by atoms with E-state index in [9.17, 15) is 8.42 Å². The Bertz CT molecular complexity index is 482. The number of ether oxygens (including phenoxy) is 1. The summed E-state index contributed by atoms with van der Waals surface area (Å²) in [5.74, 6) is 0. The maximum atomic E-state index is 12.0. The Labute approximate surface area is 118 Å². The molecule has 5 nitrogen and oxygen atoms in total. The lowest BCUT2D eigenvalue weighted by atomic mass is 10.2. The fraction of sp³-hybridized carbons (Fsp3) is 0.667. The first kappa shape index (κ1) is 16.6. The summed E-state index contributed by atoms with van der Waals surface area (Å²) in [6.07, 6.45) is 2.66. The highest BCUT2D eigenvalue weighted by Crippen LogP contribution is 2.25. The zero-order valence-electron chi connectivity index (χ0n) is 11.3. The molecule has 110 valence electrons. The quantitative estimate of drug-likeness (QED) is 0.680. The van der Waals surface area contributed by atoms with Gasteiger partial charge in [0.25, 0.3) is 0 Å². The third-order valence-corrected chi connectivity index (χ3v) is 5.88. The first-order chi connectivity index (χ1) is 9.01. The van der Waals surface area contributed by atoms with Crippen molar-refractivity contribution in [3.63, 3.8) is 0 Å². The average Bonchev–Trinajstić information content (AvgIpc) is 2.76. The summed E-state index contributed by atoms with van der Waals surface area (Å²) in [5, 5.41) is 9.08. The lowest BCUT2D eigenvalue weighted by Crippen LogP contribution is -2.24. The van der Waals surface area contributed by atoms with Gasteiger partial charge in [-0.15, -0.1) is 11.3 Å². The summed E-state index contributed by atoms with van der Waals surface area (Å²) in [6, 6.07) is 1.60. The van der Waals surface area contributed by atoms with E-state index in [1.54, 1.807) is 20.1 Å². The van der Waals surface area contributed by atoms with Gasteiger partial charge in [0.2, 0.25) is 10.0 Å². The minimum absolute atomic E-state index is 0.122. The van der Waals surface area contributed by atoms with Crippen molar-refractivity contribution in [1.82, 2.24) is 4.72 Å². The van der Waals surface area contributed by atoms with Crippen LogP contribution in [0.5, 0.6) is 0 Å². The predicted octanol–water partition coefficient (Wildman–Crippen LogP) is 1.64. The molecule has 2 N–H and O–H groups in total. The van der Waals surface area contributed by atoms with Crippen molar-refractivity contribution in [3.05, 3.63) is 16.5 Å². The molecule has 0 aromatic carbocycles. The summed E-state index contributed by atoms with van der Waals surface area (Å²) in [4.78, 5) is 0.695. The Balaban J connectivity index is 2.47. The molecule has 1 heterocycles. The van der Waals surface area contributed by atoms with Crippen LogP contribution in [0.1, 0.15) is 29.7 Å². The second-order valence-electron chi connectivity index (χ2n) is 4.28. The van der Waals surface area contributed by atoms with Crippen molar-refractivity contribution in [2.45, 2.75) is 37.0 Å². The lowest BCUT2D eigenvalue weighted by molar-refractivity contribution is 0.192. The molecule has 0 saturated heterocycles. The van der Waals surface area contributed by atoms with Crippen LogP contribution in [0, 0.1) is 6.92 Å². The molecule has 0 spiro atoms. The van der Waals surface area contributed by atoms with Crippen LogP contribution in [0.25, 0.3) is 0 Å². The normalized spacial score (nSPS) is 11.9. The minimum Gasteiger partial charge on any atom is -0.391 e. The highest BCUT2D eigenvalue weighted by atomic mass is 32.2. The second kappa shape index (κ2) is 7.96. The summed E-state index contributed by atoms with van der Waals surface area (Å²) in [7, 11) is -1.79. The molecule has 0 atom stereocenters. The van der Waals surface area contributed by atoms with E-state index in [4.69, 9.17) is 9.84 Å². The van der Waals surface area contributed by atoms with E-state index >= 15 is 0 Å². The van der Waals surface area contributed by atoms with E-state index in [2.05, 4.69) is 4.72 Å². The number of aliphatic hydroxyl groups is 1. The SMILES string of the molecule is COCCCCCNS(=O)(=O)c1cc(C)c(CO)s1. The van der Waals surface area contributed by atoms with E-state index < -0.39 is 10.0 Å². The third-order valence-electron chi connectivity index (χ3n) is 2.72. The van der Waals surface area contributed by atoms with Crippen LogP contribution < -0.4 is 4.72 Å². The van der Waals surface area contributed by atoms with Gasteiger partial charge in [0.15, 0.2) is 0 Å². The van der Waals surface area contributed by atoms with Crippen LogP contribution in [0.3, 0.4) is 0 Å². The molecule has 0 aliphatic carbocycles. The van der Waals surface area contributed by atoms with E-state index in [0.717, 1.165) is 36.2 Å². The van der Waals surface area contributed by atoms with E-state index in [0.29, 0.717) is 18.0 Å². The van der Waals surface area contributed by atoms with Gasteiger partial charge in [-0.05, 0) is 37.8 Å². The fourth-order valence-electron chi connectivity index (χ4n) is 1.60. The number of thiophene rings is 1. The number of hydrogen-bond acceptors (Lipinski definition) is 5. The highest BCUT2D eigenvalue weighted by Gasteiger charge is 2.17. The van der Waals surface area contributed by atoms with Crippen molar-refractivity contribution in [1.29, 1.82) is 0 Å². The van der Waals surface area contributed by atoms with Crippen LogP contribution in [0.2, 0.25) is 0 Å². The predicted molar refractivity (Wildman–Crippen MR) is 75.9 cm³/mol. The largest absolute Gasteiger partial charge is 0.391 e. The molecule has 0 aliphatic heterocycles. The van der Waals surface area contributed by atoms with E-state index in [-0.39, 0.29) is 10.8 Å². The molecule has 7 heteroatoms. The Morgan fingerprint density at radius 2 is 2.11 bits per heavy atom. The molecule has 0 fully saturated rings. The van der Waals surface area contributed by atoms with Gasteiger partial charge in [-0.1, -0.05) is 0 Å². The Kier molecular flexibility index (Phi) is 6.95. The lowest BCUT2D eigenvalue weighted by Gasteiger charge is -2.04. The topological polar surface area (TPSA) is 75.6 Å². The number of sulfonamides is 1. The molecule has 0 radical (unpaired) electrons. The van der Waals surface area contributed by atoms with Crippen LogP contribution in [-0.2, 0) is 21.4 Å². The number of nitrogens with one attached hydrogen (secondary N) is 1. The number of methoxy groups -OCH3 is 1. The van der Waals surface area contributed by atoms with Crippen LogP contribution in [0.15, 0.2) is 10.3 Å². The first-order valence-corrected chi connectivity index (χ1v) is 8.50. The van der Waals surface area contributed by atoms with Gasteiger partial charge in [0, 0.05) is 25.1 Å². The highest BCUT2D eigenvalue weighted by molar-refractivity contribution is 7.91. The molecular weight excluding hydrogens is 286 g/mol. The van der Waals surface area contributed by atoms with Crippen molar-refractivity contribution >= 4 is 21.4 Å². The Hall–Kier alpha value is -0.470. The van der Waals surface area contributed by atoms with Gasteiger partial charge < -0.3 is 9.84 Å². The molecule has 0 saturated carbocycles. The monoisotopic (exact) mass is 307 g/mol. The summed E-state index contributed by atoms with van der Waals surface area (Å²) < 4.78 is 31.8. The molecule has 19 heavy (non-hydrogen) atoms. The summed E-state index contributed by atoms with van der Waals surface area (Å²) in [5.41, 5.74) is 0.813. The number of aliphatic hydroxyl groups excluding tert-OH is 1. The van der Waals surface area contributed by atoms with E-state index in [1.165, 1.54) is 0 Å². The molecule has 0 bridgehead atoms. The Morgan fingerprint density at radius 3 is 2.68 bits per heavy atom. The minimum atomic E-state index is -3.44. The van der Waals surface area contributed by atoms with Crippen molar-refractivity contribution in [2.75, 3.05) is 20.3 Å². The zero-order valence-corrected chi connectivity index (χ0v) is 12.9. The second-order valence-corrected chi connectivity index (χ2v) is 7.41. The van der Waals surface area contributed by atoms with Gasteiger partial charge in [-0.2, -0.15) is 0 Å². The molecule has 1 aromatic heterocycles. The molecular formula is C12H21NO4S2. The van der Waals surface area contributed by atoms with Crippen molar-refractivity contribution < 1.29 is 18.3 Å². The third kappa shape index (κ3) is 5.19. The zero-order chi connectivity index (χ0) is 14.3. The molecule has 0 aliphatic rings. The number of unbranched alkanes of at least 4 members (excludes halogenated alkanes) is 2. The first-order valence-electron chi connectivity index (χ1n) is 6.20. The standard InChI is InChI=1S/C12H21NO4S2/c1-10-8-12(18-11(10)9-14)19(15,16)13-6-4-3-5-7-17-2/h8,13-14H,3-7,9H2,1-2H3. The van der Waals surface area contributed by atoms with E-state index in [1.807, 2.05) is 0 Å². The number of rotatable bonds is 9. The molecule has 0 unspecified atom stereocenters. The number of hydrogen-bond donors (Lipinski definition) is 2. The van der Waals surface area contributed by atoms with Gasteiger partial charge in [0.1, 0.15) is 4.21 Å². The van der Waals surface area contributed by atoms with Crippen molar-refractivity contribution in [2.24, 2.45) is 0 Å². The number of aryl methyl sites for hydroxylation is 1. The molecule has 1 aromatic rings. The average molecular weight is 307 g/mol. The van der Waals surface area contributed by atoms with Crippen LogP contribution in [-0.4, -0.2) is 33.8 Å². The fourth-order valence-corrected chi connectivity index (χ4v) is 4.17. The van der Waals surface area contributed by atoms with Crippen LogP contribution in [0.4, 0.5) is 0 Å². The maximum Gasteiger partial charge on any atom is 0.250 e. The van der Waals surface area contributed by atoms with Gasteiger partial charge in [-0.25, -0.2) is 13.1 Å². The van der Waals surface area contributed by atoms with Crippen LogP contribution >= 0.6 is 11.3 Å².